The minimum absolute atomic E-state index is 0.692. The lowest BCUT2D eigenvalue weighted by Crippen LogP contribution is -2.25. The van der Waals surface area contributed by atoms with Gasteiger partial charge in [0.2, 0.25) is 0 Å². The van der Waals surface area contributed by atoms with Gasteiger partial charge in [0, 0.05) is 12.8 Å². The zero-order chi connectivity index (χ0) is 12.0. The topological polar surface area (TPSA) is 0 Å². The molecule has 1 aliphatic rings. The molecule has 0 nitrogen and oxygen atoms in total. The molecule has 16 heavy (non-hydrogen) atoms. The van der Waals surface area contributed by atoms with Crippen LogP contribution < -0.4 is 0 Å². The molecule has 4 unspecified atom stereocenters. The molecule has 0 aliphatic heterocycles. The van der Waals surface area contributed by atoms with Gasteiger partial charge >= 0.3 is 0 Å². The van der Waals surface area contributed by atoms with Crippen LogP contribution in [0, 0.1) is 35.5 Å². The van der Waals surface area contributed by atoms with Crippen LogP contribution in [0.25, 0.3) is 0 Å². The maximum absolute atomic E-state index is 3.90. The summed E-state index contributed by atoms with van der Waals surface area (Å²) in [4.78, 5) is 0. The maximum atomic E-state index is 3.90. The van der Waals surface area contributed by atoms with Crippen LogP contribution >= 0.6 is 0 Å². The Labute approximate surface area is 101 Å². The molecule has 0 aromatic heterocycles. The molecule has 88 valence electrons. The maximum Gasteiger partial charge on any atom is 0.0123 e. The summed E-state index contributed by atoms with van der Waals surface area (Å²) in [5, 5.41) is 0. The minimum Gasteiger partial charge on any atom is -0.103 e. The van der Waals surface area contributed by atoms with Gasteiger partial charge in [-0.2, -0.15) is 0 Å². The van der Waals surface area contributed by atoms with Gasteiger partial charge in [0.25, 0.3) is 0 Å². The molecule has 4 atom stereocenters. The Hall–Kier alpha value is -0.960. The largest absolute Gasteiger partial charge is 0.103 e. The van der Waals surface area contributed by atoms with Crippen molar-refractivity contribution in [2.75, 3.05) is 0 Å². The highest BCUT2D eigenvalue weighted by atomic mass is 14.3. The van der Waals surface area contributed by atoms with Gasteiger partial charge in [0.1, 0.15) is 0 Å². The Bertz CT molecular complexity index is 289. The molecule has 0 heteroatoms. The molecule has 0 saturated heterocycles. The van der Waals surface area contributed by atoms with Gasteiger partial charge in [-0.25, -0.2) is 0 Å². The predicted octanol–water partition coefficient (Wildman–Crippen LogP) is 4.44. The Morgan fingerprint density at radius 1 is 1.25 bits per heavy atom. The summed E-state index contributed by atoms with van der Waals surface area (Å²) in [7, 11) is 0. The van der Waals surface area contributed by atoms with Crippen LogP contribution in [0.5, 0.6) is 0 Å². The Morgan fingerprint density at radius 3 is 2.56 bits per heavy atom. The van der Waals surface area contributed by atoms with Crippen LogP contribution in [0.1, 0.15) is 39.5 Å². The van der Waals surface area contributed by atoms with Crippen LogP contribution in [0.4, 0.5) is 0 Å². The molecular weight excluding hydrogens is 192 g/mol. The van der Waals surface area contributed by atoms with Crippen molar-refractivity contribution in [3.63, 3.8) is 0 Å². The highest BCUT2D eigenvalue weighted by molar-refractivity contribution is 5.07. The first-order chi connectivity index (χ1) is 7.70. The number of allylic oxidation sites excluding steroid dienone is 2. The zero-order valence-corrected chi connectivity index (χ0v) is 10.7. The quantitative estimate of drug-likeness (QED) is 0.471. The van der Waals surface area contributed by atoms with E-state index in [1.165, 1.54) is 0 Å². The summed E-state index contributed by atoms with van der Waals surface area (Å²) >= 11 is 0. The number of hydrogen-bond acceptors (Lipinski definition) is 0. The third kappa shape index (κ3) is 3.27. The van der Waals surface area contributed by atoms with E-state index in [2.05, 4.69) is 44.9 Å². The van der Waals surface area contributed by atoms with Gasteiger partial charge in [-0.3, -0.25) is 0 Å². The standard InChI is InChI=1S/C16H24/c1-5-9-13(3)16-12-8-7-11-14(4)15(16)10-6-2/h5-6,13-16H,1-2,9-12H2,3-4H3. The van der Waals surface area contributed by atoms with Crippen LogP contribution in [0.15, 0.2) is 25.3 Å². The van der Waals surface area contributed by atoms with Crippen molar-refractivity contribution in [1.29, 1.82) is 0 Å². The second-order valence-corrected chi connectivity index (χ2v) is 5.09. The van der Waals surface area contributed by atoms with Gasteiger partial charge < -0.3 is 0 Å². The van der Waals surface area contributed by atoms with Crippen LogP contribution in [0.2, 0.25) is 0 Å². The number of hydrogen-bond donors (Lipinski definition) is 0. The lowest BCUT2D eigenvalue weighted by molar-refractivity contribution is 0.189. The van der Waals surface area contributed by atoms with E-state index in [1.54, 1.807) is 0 Å². The van der Waals surface area contributed by atoms with E-state index in [4.69, 9.17) is 0 Å². The third-order valence-corrected chi connectivity index (χ3v) is 3.88. The van der Waals surface area contributed by atoms with Gasteiger partial charge in [-0.05, 0) is 36.5 Å². The molecule has 0 aromatic carbocycles. The van der Waals surface area contributed by atoms with Crippen LogP contribution in [0.3, 0.4) is 0 Å². The van der Waals surface area contributed by atoms with Crippen molar-refractivity contribution in [3.05, 3.63) is 25.3 Å². The molecule has 0 fully saturated rings. The molecule has 0 bridgehead atoms. The summed E-state index contributed by atoms with van der Waals surface area (Å²) in [6.07, 6.45) is 8.44. The third-order valence-electron chi connectivity index (χ3n) is 3.88. The first-order valence-electron chi connectivity index (χ1n) is 6.38. The van der Waals surface area contributed by atoms with Crippen LogP contribution in [-0.2, 0) is 0 Å². The van der Waals surface area contributed by atoms with Gasteiger partial charge in [-0.15, -0.1) is 25.0 Å². The predicted molar refractivity (Wildman–Crippen MR) is 71.9 cm³/mol. The van der Waals surface area contributed by atoms with Crippen molar-refractivity contribution in [1.82, 2.24) is 0 Å². The van der Waals surface area contributed by atoms with E-state index >= 15 is 0 Å². The average molecular weight is 216 g/mol. The van der Waals surface area contributed by atoms with Crippen molar-refractivity contribution in [2.24, 2.45) is 23.7 Å². The highest BCUT2D eigenvalue weighted by Gasteiger charge is 2.29. The normalized spacial score (nSPS) is 30.8. The van der Waals surface area contributed by atoms with Crippen molar-refractivity contribution in [3.8, 4) is 11.8 Å². The Morgan fingerprint density at radius 2 is 1.94 bits per heavy atom. The molecule has 0 N–H and O–H groups in total. The van der Waals surface area contributed by atoms with E-state index in [0.29, 0.717) is 17.8 Å². The van der Waals surface area contributed by atoms with Crippen molar-refractivity contribution < 1.29 is 0 Å². The molecule has 0 heterocycles. The Kier molecular flexibility index (Phi) is 5.39. The van der Waals surface area contributed by atoms with Crippen molar-refractivity contribution in [2.45, 2.75) is 39.5 Å². The fraction of sp³-hybridized carbons (Fsp3) is 0.625. The van der Waals surface area contributed by atoms with E-state index in [-0.39, 0.29) is 0 Å². The van der Waals surface area contributed by atoms with Gasteiger partial charge in [0.15, 0.2) is 0 Å². The second kappa shape index (κ2) is 6.59. The highest BCUT2D eigenvalue weighted by Crippen LogP contribution is 2.37. The molecule has 1 aliphatic carbocycles. The average Bonchev–Trinajstić information content (AvgIpc) is 2.43. The molecule has 0 aromatic rings. The molecular formula is C16H24. The number of rotatable bonds is 5. The molecule has 0 radical (unpaired) electrons. The first kappa shape index (κ1) is 13.1. The lowest BCUT2D eigenvalue weighted by Gasteiger charge is -2.32. The summed E-state index contributed by atoms with van der Waals surface area (Å²) in [5.74, 6) is 9.47. The summed E-state index contributed by atoms with van der Waals surface area (Å²) in [6, 6.07) is 0. The SMILES string of the molecule is C=CCC(C)C1CC#CCC(C)C1CC=C. The second-order valence-electron chi connectivity index (χ2n) is 5.09. The van der Waals surface area contributed by atoms with E-state index < -0.39 is 0 Å². The summed E-state index contributed by atoms with van der Waals surface area (Å²) < 4.78 is 0. The molecule has 0 saturated carbocycles. The first-order valence-corrected chi connectivity index (χ1v) is 6.38. The van der Waals surface area contributed by atoms with Crippen LogP contribution in [-0.4, -0.2) is 0 Å². The fourth-order valence-corrected chi connectivity index (χ4v) is 2.81. The Balaban J connectivity index is 2.78. The summed E-state index contributed by atoms with van der Waals surface area (Å²) in [5.41, 5.74) is 0. The van der Waals surface area contributed by atoms with E-state index in [1.807, 2.05) is 6.08 Å². The molecule has 0 amide bonds. The van der Waals surface area contributed by atoms with Crippen molar-refractivity contribution >= 4 is 0 Å². The van der Waals surface area contributed by atoms with E-state index in [0.717, 1.165) is 31.6 Å². The summed E-state index contributed by atoms with van der Waals surface area (Å²) in [6.45, 7) is 12.4. The fourth-order valence-electron chi connectivity index (χ4n) is 2.81. The smallest absolute Gasteiger partial charge is 0.0123 e. The lowest BCUT2D eigenvalue weighted by atomic mass is 9.72. The van der Waals surface area contributed by atoms with Gasteiger partial charge in [-0.1, -0.05) is 26.0 Å². The molecule has 0 spiro atoms. The molecule has 1 rings (SSSR count). The van der Waals surface area contributed by atoms with E-state index in [9.17, 15) is 0 Å². The minimum atomic E-state index is 0.692. The van der Waals surface area contributed by atoms with Gasteiger partial charge in [0.05, 0.1) is 0 Å². The zero-order valence-electron chi connectivity index (χ0n) is 10.7. The monoisotopic (exact) mass is 216 g/mol.